The van der Waals surface area contributed by atoms with Gasteiger partial charge in [0.2, 0.25) is 0 Å². The zero-order chi connectivity index (χ0) is 23.3. The Morgan fingerprint density at radius 1 is 1.00 bits per heavy atom. The van der Waals surface area contributed by atoms with E-state index >= 15 is 0 Å². The molecule has 0 atom stereocenters. The van der Waals surface area contributed by atoms with Crippen LogP contribution in [0.15, 0.2) is 71.6 Å². The van der Waals surface area contributed by atoms with E-state index in [2.05, 4.69) is 10.0 Å². The predicted molar refractivity (Wildman–Crippen MR) is 127 cm³/mol. The first-order chi connectivity index (χ1) is 15.1. The van der Waals surface area contributed by atoms with Gasteiger partial charge in [-0.15, -0.1) is 0 Å². The number of aryl methyl sites for hydroxylation is 1. The highest BCUT2D eigenvalue weighted by molar-refractivity contribution is 7.92. The van der Waals surface area contributed by atoms with Crippen molar-refractivity contribution in [3.05, 3.63) is 88.4 Å². The number of ether oxygens (including phenoxy) is 1. The molecule has 3 aromatic carbocycles. The second kappa shape index (κ2) is 10.1. The first kappa shape index (κ1) is 23.6. The number of nitrogens with one attached hydrogen (secondary N) is 2. The summed E-state index contributed by atoms with van der Waals surface area (Å²) in [6.07, 6.45) is 0.0923. The van der Waals surface area contributed by atoms with E-state index in [0.717, 1.165) is 16.9 Å². The van der Waals surface area contributed by atoms with Gasteiger partial charge in [-0.3, -0.25) is 9.52 Å². The molecular weight excluding hydrogens is 448 g/mol. The highest BCUT2D eigenvalue weighted by Gasteiger charge is 2.17. The highest BCUT2D eigenvalue weighted by atomic mass is 35.5. The van der Waals surface area contributed by atoms with Gasteiger partial charge in [0.15, 0.2) is 0 Å². The number of rotatable bonds is 8. The van der Waals surface area contributed by atoms with E-state index in [9.17, 15) is 13.2 Å². The fourth-order valence-corrected chi connectivity index (χ4v) is 4.27. The molecule has 168 valence electrons. The minimum absolute atomic E-state index is 0.0923. The van der Waals surface area contributed by atoms with Crippen LogP contribution in [0.1, 0.15) is 35.3 Å². The number of carbonyl (C=O) groups is 1. The lowest BCUT2D eigenvalue weighted by molar-refractivity contribution is 0.0951. The molecule has 8 heteroatoms. The summed E-state index contributed by atoms with van der Waals surface area (Å²) in [6, 6.07) is 18.4. The van der Waals surface area contributed by atoms with Gasteiger partial charge in [0.1, 0.15) is 5.75 Å². The van der Waals surface area contributed by atoms with E-state index < -0.39 is 10.0 Å². The SMILES string of the molecule is Cc1ccc(S(=O)(=O)Nc2ccc(C(=O)NCc3ccc(OC(C)C)cc3)cc2Cl)cc1. The van der Waals surface area contributed by atoms with Crippen LogP contribution in [0.25, 0.3) is 0 Å². The summed E-state index contributed by atoms with van der Waals surface area (Å²) in [5.74, 6) is 0.452. The van der Waals surface area contributed by atoms with Gasteiger partial charge in [-0.05, 0) is 68.8 Å². The summed E-state index contributed by atoms with van der Waals surface area (Å²) in [4.78, 5) is 12.6. The van der Waals surface area contributed by atoms with Gasteiger partial charge >= 0.3 is 0 Å². The Morgan fingerprint density at radius 2 is 1.66 bits per heavy atom. The van der Waals surface area contributed by atoms with Gasteiger partial charge < -0.3 is 10.1 Å². The summed E-state index contributed by atoms with van der Waals surface area (Å²) in [5, 5.41) is 2.95. The van der Waals surface area contributed by atoms with Gasteiger partial charge in [0.25, 0.3) is 15.9 Å². The van der Waals surface area contributed by atoms with E-state index in [0.29, 0.717) is 12.1 Å². The third-order valence-electron chi connectivity index (χ3n) is 4.56. The van der Waals surface area contributed by atoms with Crippen molar-refractivity contribution < 1.29 is 17.9 Å². The van der Waals surface area contributed by atoms with Crippen LogP contribution < -0.4 is 14.8 Å². The maximum atomic E-state index is 12.6. The maximum absolute atomic E-state index is 12.6. The van der Waals surface area contributed by atoms with E-state index in [1.54, 1.807) is 12.1 Å². The van der Waals surface area contributed by atoms with Crippen molar-refractivity contribution in [3.63, 3.8) is 0 Å². The molecular formula is C24H25ClN2O4S. The molecule has 6 nitrogen and oxygen atoms in total. The number of amides is 1. The Hall–Kier alpha value is -3.03. The molecule has 32 heavy (non-hydrogen) atoms. The molecule has 0 aliphatic carbocycles. The molecule has 0 fully saturated rings. The Morgan fingerprint density at radius 3 is 2.25 bits per heavy atom. The lowest BCUT2D eigenvalue weighted by Crippen LogP contribution is -2.23. The molecule has 0 aliphatic heterocycles. The smallest absolute Gasteiger partial charge is 0.261 e. The summed E-state index contributed by atoms with van der Waals surface area (Å²) in [6.45, 7) is 6.12. The molecule has 2 N–H and O–H groups in total. The Balaban J connectivity index is 1.64. The zero-order valence-corrected chi connectivity index (χ0v) is 19.6. The molecule has 0 aliphatic rings. The Bertz CT molecular complexity index is 1190. The molecule has 0 unspecified atom stereocenters. The van der Waals surface area contributed by atoms with Crippen molar-refractivity contribution in [1.82, 2.24) is 5.32 Å². The van der Waals surface area contributed by atoms with E-state index in [-0.39, 0.29) is 27.6 Å². The number of anilines is 1. The second-order valence-electron chi connectivity index (χ2n) is 7.61. The van der Waals surface area contributed by atoms with E-state index in [1.165, 1.54) is 30.3 Å². The standard InChI is InChI=1S/C24H25ClN2O4S/c1-16(2)31-20-9-6-18(7-10-20)15-26-24(28)19-8-13-23(22(25)14-19)27-32(29,30)21-11-4-17(3)5-12-21/h4-14,16,27H,15H2,1-3H3,(H,26,28). The Kier molecular flexibility index (Phi) is 7.43. The van der Waals surface area contributed by atoms with Gasteiger partial charge in [-0.1, -0.05) is 41.4 Å². The summed E-state index contributed by atoms with van der Waals surface area (Å²) in [5.41, 5.74) is 2.40. The summed E-state index contributed by atoms with van der Waals surface area (Å²) >= 11 is 6.25. The van der Waals surface area contributed by atoms with Crippen molar-refractivity contribution in [2.24, 2.45) is 0 Å². The third-order valence-corrected chi connectivity index (χ3v) is 6.25. The summed E-state index contributed by atoms with van der Waals surface area (Å²) < 4.78 is 33.2. The first-order valence-corrected chi connectivity index (χ1v) is 11.9. The minimum atomic E-state index is -3.79. The largest absolute Gasteiger partial charge is 0.491 e. The Labute approximate surface area is 193 Å². The van der Waals surface area contributed by atoms with E-state index in [1.807, 2.05) is 45.0 Å². The topological polar surface area (TPSA) is 84.5 Å². The number of benzene rings is 3. The van der Waals surface area contributed by atoms with Crippen molar-refractivity contribution in [2.75, 3.05) is 4.72 Å². The number of hydrogen-bond acceptors (Lipinski definition) is 4. The van der Waals surface area contributed by atoms with Gasteiger partial charge in [0, 0.05) is 12.1 Å². The van der Waals surface area contributed by atoms with E-state index in [4.69, 9.17) is 16.3 Å². The molecule has 0 saturated heterocycles. The minimum Gasteiger partial charge on any atom is -0.491 e. The number of carbonyl (C=O) groups excluding carboxylic acids is 1. The fourth-order valence-electron chi connectivity index (χ4n) is 2.90. The monoisotopic (exact) mass is 472 g/mol. The number of sulfonamides is 1. The lowest BCUT2D eigenvalue weighted by Gasteiger charge is -2.12. The van der Waals surface area contributed by atoms with Crippen molar-refractivity contribution in [1.29, 1.82) is 0 Å². The molecule has 0 radical (unpaired) electrons. The average Bonchev–Trinajstić information content (AvgIpc) is 2.74. The molecule has 3 rings (SSSR count). The van der Waals surface area contributed by atoms with Crippen LogP contribution in [0.3, 0.4) is 0 Å². The van der Waals surface area contributed by atoms with Crippen LogP contribution in [0.5, 0.6) is 5.75 Å². The van der Waals surface area contributed by atoms with Gasteiger partial charge in [-0.2, -0.15) is 0 Å². The zero-order valence-electron chi connectivity index (χ0n) is 18.1. The van der Waals surface area contributed by atoms with Crippen LogP contribution in [-0.4, -0.2) is 20.4 Å². The molecule has 0 aromatic heterocycles. The third kappa shape index (κ3) is 6.24. The molecule has 0 spiro atoms. The molecule has 0 saturated carbocycles. The van der Waals surface area contributed by atoms with Gasteiger partial charge in [-0.25, -0.2) is 8.42 Å². The van der Waals surface area contributed by atoms with Crippen LogP contribution in [0, 0.1) is 6.92 Å². The average molecular weight is 473 g/mol. The quantitative estimate of drug-likeness (QED) is 0.474. The fraction of sp³-hybridized carbons (Fsp3) is 0.208. The number of halogens is 1. The normalized spacial score (nSPS) is 11.3. The van der Waals surface area contributed by atoms with Crippen molar-refractivity contribution in [3.8, 4) is 5.75 Å². The first-order valence-electron chi connectivity index (χ1n) is 10.1. The van der Waals surface area contributed by atoms with Crippen molar-refractivity contribution in [2.45, 2.75) is 38.3 Å². The molecule has 1 amide bonds. The number of hydrogen-bond donors (Lipinski definition) is 2. The maximum Gasteiger partial charge on any atom is 0.261 e. The lowest BCUT2D eigenvalue weighted by atomic mass is 10.1. The van der Waals surface area contributed by atoms with Gasteiger partial charge in [0.05, 0.1) is 21.7 Å². The van der Waals surface area contributed by atoms with Crippen LogP contribution in [0.2, 0.25) is 5.02 Å². The molecule has 0 heterocycles. The van der Waals surface area contributed by atoms with Crippen LogP contribution in [0.4, 0.5) is 5.69 Å². The summed E-state index contributed by atoms with van der Waals surface area (Å²) in [7, 11) is -3.79. The molecule has 0 bridgehead atoms. The van der Waals surface area contributed by atoms with Crippen molar-refractivity contribution >= 4 is 33.2 Å². The highest BCUT2D eigenvalue weighted by Crippen LogP contribution is 2.26. The van der Waals surface area contributed by atoms with Crippen LogP contribution in [-0.2, 0) is 16.6 Å². The second-order valence-corrected chi connectivity index (χ2v) is 9.70. The predicted octanol–water partition coefficient (Wildman–Crippen LogP) is 5.17. The van der Waals surface area contributed by atoms with Crippen LogP contribution >= 0.6 is 11.6 Å². The molecule has 3 aromatic rings.